The van der Waals surface area contributed by atoms with Gasteiger partial charge in [0.05, 0.1) is 11.9 Å². The number of nitrogens with zero attached hydrogens (tertiary/aromatic N) is 4. The van der Waals surface area contributed by atoms with Crippen LogP contribution in [0.3, 0.4) is 0 Å². The molecule has 1 aromatic heterocycles. The maximum atomic E-state index is 12.4. The van der Waals surface area contributed by atoms with Gasteiger partial charge in [-0.15, -0.1) is 0 Å². The Morgan fingerprint density at radius 2 is 1.86 bits per heavy atom. The summed E-state index contributed by atoms with van der Waals surface area (Å²) in [7, 11) is 0. The maximum Gasteiger partial charge on any atom is 0.411 e. The molecule has 0 fully saturated rings. The van der Waals surface area contributed by atoms with Gasteiger partial charge in [-0.05, 0) is 35.4 Å². The van der Waals surface area contributed by atoms with Crippen LogP contribution in [0.25, 0.3) is 0 Å². The molecule has 3 heterocycles. The van der Waals surface area contributed by atoms with Crippen LogP contribution in [0.1, 0.15) is 22.3 Å². The van der Waals surface area contributed by atoms with Crippen molar-refractivity contribution in [3.63, 3.8) is 0 Å². The molecule has 2 aliphatic heterocycles. The predicted octanol–water partition coefficient (Wildman–Crippen LogP) is 2.78. The maximum absolute atomic E-state index is 12.4. The molecule has 0 saturated carbocycles. The minimum atomic E-state index is -0.933. The topological polar surface area (TPSA) is 87.4 Å². The minimum Gasteiger partial charge on any atom is -0.478 e. The van der Waals surface area contributed by atoms with Gasteiger partial charge in [0.25, 0.3) is 0 Å². The molecule has 2 aliphatic rings. The summed E-state index contributed by atoms with van der Waals surface area (Å²) < 4.78 is 7.19. The molecule has 0 atom stereocenters. The predicted molar refractivity (Wildman–Crippen MR) is 106 cm³/mol. The van der Waals surface area contributed by atoms with E-state index in [9.17, 15) is 9.59 Å². The molecule has 0 saturated heterocycles. The van der Waals surface area contributed by atoms with E-state index in [1.54, 1.807) is 21.6 Å². The van der Waals surface area contributed by atoms with Crippen LogP contribution in [-0.4, -0.2) is 57.5 Å². The van der Waals surface area contributed by atoms with Crippen molar-refractivity contribution in [2.24, 2.45) is 4.99 Å². The molecule has 4 rings (SSSR count). The fourth-order valence-corrected chi connectivity index (χ4v) is 3.47. The fraction of sp³-hybridized carbons (Fsp3) is 0.286. The summed E-state index contributed by atoms with van der Waals surface area (Å²) in [4.78, 5) is 31.7. The molecule has 29 heavy (non-hydrogen) atoms. The molecule has 0 aliphatic carbocycles. The van der Waals surface area contributed by atoms with Gasteiger partial charge in [-0.1, -0.05) is 12.1 Å². The molecule has 1 N–H and O–H groups in total. The van der Waals surface area contributed by atoms with Gasteiger partial charge in [0.2, 0.25) is 0 Å². The van der Waals surface area contributed by atoms with Crippen LogP contribution >= 0.6 is 0 Å². The molecule has 2 aromatic rings. The van der Waals surface area contributed by atoms with Gasteiger partial charge < -0.3 is 24.2 Å². The molecule has 8 heteroatoms. The average Bonchev–Trinajstić information content (AvgIpc) is 3.25. The summed E-state index contributed by atoms with van der Waals surface area (Å²) in [6, 6.07) is 10.6. The lowest BCUT2D eigenvalue weighted by Crippen LogP contribution is -2.41. The van der Waals surface area contributed by atoms with Crippen LogP contribution in [0, 0.1) is 0 Å². The number of aliphatic imine (C=N–C) groups is 1. The lowest BCUT2D eigenvalue weighted by molar-refractivity contribution is 0.0696. The van der Waals surface area contributed by atoms with E-state index in [0.29, 0.717) is 32.6 Å². The van der Waals surface area contributed by atoms with Crippen molar-refractivity contribution < 1.29 is 19.4 Å². The first-order valence-corrected chi connectivity index (χ1v) is 9.42. The number of carbonyl (C=O) groups excluding carboxylic acids is 1. The van der Waals surface area contributed by atoms with E-state index in [4.69, 9.17) is 9.84 Å². The number of hydrogen-bond acceptors (Lipinski definition) is 5. The summed E-state index contributed by atoms with van der Waals surface area (Å²) >= 11 is 0. The second-order valence-electron chi connectivity index (χ2n) is 7.11. The van der Waals surface area contributed by atoms with E-state index < -0.39 is 5.97 Å². The normalized spacial score (nSPS) is 16.0. The first kappa shape index (κ1) is 18.8. The Morgan fingerprint density at radius 1 is 1.10 bits per heavy atom. The largest absolute Gasteiger partial charge is 0.478 e. The summed E-state index contributed by atoms with van der Waals surface area (Å²) in [5.41, 5.74) is 3.42. The van der Waals surface area contributed by atoms with E-state index in [0.717, 1.165) is 16.8 Å². The average molecular weight is 394 g/mol. The standard InChI is InChI=1S/C21H22N4O4/c26-20(27)17-5-3-16(4-6-17)11-24-12-18-13-25(10-7-19(18)22-14-24)21(28)29-15-23-8-1-2-9-23/h1-6,8-9,14H,7,10-13,15H2,(H,26,27). The molecule has 1 aromatic carbocycles. The number of amides is 1. The third kappa shape index (κ3) is 4.48. The lowest BCUT2D eigenvalue weighted by Gasteiger charge is -2.34. The third-order valence-corrected chi connectivity index (χ3v) is 5.03. The number of ether oxygens (including phenoxy) is 1. The zero-order valence-corrected chi connectivity index (χ0v) is 15.9. The Morgan fingerprint density at radius 3 is 2.59 bits per heavy atom. The van der Waals surface area contributed by atoms with Crippen LogP contribution < -0.4 is 0 Å². The van der Waals surface area contributed by atoms with Crippen LogP contribution in [0.15, 0.2) is 65.1 Å². The van der Waals surface area contributed by atoms with Crippen molar-refractivity contribution in [2.75, 3.05) is 19.6 Å². The lowest BCUT2D eigenvalue weighted by atomic mass is 10.0. The van der Waals surface area contributed by atoms with E-state index >= 15 is 0 Å². The van der Waals surface area contributed by atoms with Gasteiger partial charge in [-0.2, -0.15) is 0 Å². The number of carboxylic acids is 1. The Hall–Kier alpha value is -3.55. The van der Waals surface area contributed by atoms with Gasteiger partial charge in [-0.25, -0.2) is 14.6 Å². The highest BCUT2D eigenvalue weighted by Crippen LogP contribution is 2.24. The smallest absolute Gasteiger partial charge is 0.411 e. The molecule has 1 amide bonds. The van der Waals surface area contributed by atoms with Crippen molar-refractivity contribution in [2.45, 2.75) is 19.7 Å². The van der Waals surface area contributed by atoms with Gasteiger partial charge in [0.15, 0.2) is 6.73 Å². The SMILES string of the molecule is O=C(O)c1ccc(CN2C=NC3=C(C2)CN(C(=O)OCn2cccc2)CC3)cc1. The summed E-state index contributed by atoms with van der Waals surface area (Å²) in [5.74, 6) is -0.933. The molecule has 8 nitrogen and oxygen atoms in total. The quantitative estimate of drug-likeness (QED) is 0.843. The highest BCUT2D eigenvalue weighted by molar-refractivity contribution is 5.87. The van der Waals surface area contributed by atoms with Crippen LogP contribution in [0.5, 0.6) is 0 Å². The van der Waals surface area contributed by atoms with Gasteiger partial charge in [0, 0.05) is 50.7 Å². The minimum absolute atomic E-state index is 0.199. The second kappa shape index (κ2) is 8.22. The molecular weight excluding hydrogens is 372 g/mol. The Kier molecular flexibility index (Phi) is 5.33. The highest BCUT2D eigenvalue weighted by atomic mass is 16.6. The first-order valence-electron chi connectivity index (χ1n) is 9.42. The van der Waals surface area contributed by atoms with Gasteiger partial charge in [0.1, 0.15) is 0 Å². The summed E-state index contributed by atoms with van der Waals surface area (Å²) in [5, 5.41) is 9.01. The van der Waals surface area contributed by atoms with E-state index in [2.05, 4.69) is 9.89 Å². The zero-order valence-electron chi connectivity index (χ0n) is 15.9. The van der Waals surface area contributed by atoms with E-state index in [1.807, 2.05) is 43.0 Å². The number of aromatic nitrogens is 1. The molecule has 0 bridgehead atoms. The van der Waals surface area contributed by atoms with Gasteiger partial charge in [-0.3, -0.25) is 0 Å². The monoisotopic (exact) mass is 394 g/mol. The number of hydrogen-bond donors (Lipinski definition) is 1. The molecule has 150 valence electrons. The fourth-order valence-electron chi connectivity index (χ4n) is 3.47. The first-order chi connectivity index (χ1) is 14.1. The van der Waals surface area contributed by atoms with Crippen molar-refractivity contribution in [3.8, 4) is 0 Å². The van der Waals surface area contributed by atoms with Crippen LogP contribution in [-0.2, 0) is 18.0 Å². The molecular formula is C21H22N4O4. The molecule has 0 radical (unpaired) electrons. The Balaban J connectivity index is 1.33. The molecule has 0 unspecified atom stereocenters. The van der Waals surface area contributed by atoms with Crippen molar-refractivity contribution in [1.29, 1.82) is 0 Å². The number of carbonyl (C=O) groups is 2. The Bertz CT molecular complexity index is 948. The Labute approximate surface area is 168 Å². The van der Waals surface area contributed by atoms with E-state index in [-0.39, 0.29) is 18.4 Å². The van der Waals surface area contributed by atoms with Crippen LogP contribution in [0.2, 0.25) is 0 Å². The third-order valence-electron chi connectivity index (χ3n) is 5.03. The zero-order chi connectivity index (χ0) is 20.2. The second-order valence-corrected chi connectivity index (χ2v) is 7.11. The summed E-state index contributed by atoms with van der Waals surface area (Å²) in [6.07, 6.45) is 5.91. The van der Waals surface area contributed by atoms with Gasteiger partial charge >= 0.3 is 12.1 Å². The number of rotatable bonds is 5. The number of benzene rings is 1. The number of aromatic carboxylic acids is 1. The van der Waals surface area contributed by atoms with Crippen molar-refractivity contribution in [3.05, 3.63) is 71.2 Å². The van der Waals surface area contributed by atoms with Crippen LogP contribution in [0.4, 0.5) is 4.79 Å². The van der Waals surface area contributed by atoms with Crippen molar-refractivity contribution >= 4 is 18.4 Å². The molecule has 0 spiro atoms. The number of carboxylic acid groups (broad SMARTS) is 1. The highest BCUT2D eigenvalue weighted by Gasteiger charge is 2.26. The van der Waals surface area contributed by atoms with Crippen molar-refractivity contribution in [1.82, 2.24) is 14.4 Å². The summed E-state index contributed by atoms with van der Waals surface area (Å²) in [6.45, 7) is 2.60. The van der Waals surface area contributed by atoms with E-state index in [1.165, 1.54) is 0 Å².